The van der Waals surface area contributed by atoms with Crippen LogP contribution in [0.2, 0.25) is 5.02 Å². The van der Waals surface area contributed by atoms with Crippen molar-refractivity contribution in [2.45, 2.75) is 32.9 Å². The molecule has 3 rings (SSSR count). The van der Waals surface area contributed by atoms with Crippen LogP contribution in [0.25, 0.3) is 0 Å². The number of rotatable bonds is 9. The lowest BCUT2D eigenvalue weighted by Crippen LogP contribution is -2.44. The third kappa shape index (κ3) is 6.69. The van der Waals surface area contributed by atoms with E-state index in [9.17, 15) is 9.59 Å². The molecule has 4 nitrogen and oxygen atoms in total. The quantitative estimate of drug-likeness (QED) is 0.474. The lowest BCUT2D eigenvalue weighted by Gasteiger charge is -2.32. The van der Waals surface area contributed by atoms with Crippen molar-refractivity contribution in [2.24, 2.45) is 5.92 Å². The molecule has 2 amide bonds. The number of benzene rings is 3. The lowest BCUT2D eigenvalue weighted by molar-refractivity contribution is -0.141. The molecular weight excluding hydrogens is 420 g/mol. The fourth-order valence-corrected chi connectivity index (χ4v) is 3.62. The highest BCUT2D eigenvalue weighted by Crippen LogP contribution is 2.25. The van der Waals surface area contributed by atoms with Gasteiger partial charge in [0.05, 0.1) is 6.42 Å². The zero-order valence-corrected chi connectivity index (χ0v) is 19.3. The lowest BCUT2D eigenvalue weighted by atomic mass is 10.0. The number of halogens is 1. The van der Waals surface area contributed by atoms with Crippen molar-refractivity contribution in [1.29, 1.82) is 0 Å². The van der Waals surface area contributed by atoms with Gasteiger partial charge in [-0.1, -0.05) is 98.2 Å². The van der Waals surface area contributed by atoms with Crippen LogP contribution >= 0.6 is 11.6 Å². The van der Waals surface area contributed by atoms with Gasteiger partial charge in [0.15, 0.2) is 0 Å². The summed E-state index contributed by atoms with van der Waals surface area (Å²) < 4.78 is 0. The first-order valence-corrected chi connectivity index (χ1v) is 11.2. The minimum Gasteiger partial charge on any atom is -0.354 e. The summed E-state index contributed by atoms with van der Waals surface area (Å²) in [5, 5.41) is 3.65. The predicted octanol–water partition coefficient (Wildman–Crippen LogP) is 5.42. The Morgan fingerprint density at radius 2 is 1.44 bits per heavy atom. The van der Waals surface area contributed by atoms with Gasteiger partial charge in [-0.3, -0.25) is 9.59 Å². The van der Waals surface area contributed by atoms with E-state index in [-0.39, 0.29) is 18.2 Å². The second-order valence-electron chi connectivity index (χ2n) is 8.26. The molecule has 0 aromatic heterocycles. The van der Waals surface area contributed by atoms with Crippen LogP contribution in [-0.4, -0.2) is 23.3 Å². The first-order chi connectivity index (χ1) is 15.4. The smallest absolute Gasteiger partial charge is 0.247 e. The van der Waals surface area contributed by atoms with Gasteiger partial charge in [-0.05, 0) is 34.7 Å². The monoisotopic (exact) mass is 448 g/mol. The molecule has 166 valence electrons. The van der Waals surface area contributed by atoms with Gasteiger partial charge in [-0.2, -0.15) is 0 Å². The Bertz CT molecular complexity index is 1000. The Kier molecular flexibility index (Phi) is 8.46. The first kappa shape index (κ1) is 23.6. The van der Waals surface area contributed by atoms with Crippen molar-refractivity contribution in [1.82, 2.24) is 10.2 Å². The number of amides is 2. The van der Waals surface area contributed by atoms with Crippen LogP contribution in [0.5, 0.6) is 0 Å². The number of nitrogens with zero attached hydrogens (tertiary/aromatic N) is 1. The topological polar surface area (TPSA) is 49.4 Å². The minimum absolute atomic E-state index is 0.111. The van der Waals surface area contributed by atoms with Crippen molar-refractivity contribution in [3.8, 4) is 0 Å². The van der Waals surface area contributed by atoms with Crippen LogP contribution in [0, 0.1) is 5.92 Å². The summed E-state index contributed by atoms with van der Waals surface area (Å²) >= 11 is 6.05. The van der Waals surface area contributed by atoms with Crippen LogP contribution in [0.4, 0.5) is 0 Å². The van der Waals surface area contributed by atoms with Crippen LogP contribution < -0.4 is 5.32 Å². The van der Waals surface area contributed by atoms with Crippen LogP contribution in [0.15, 0.2) is 84.9 Å². The summed E-state index contributed by atoms with van der Waals surface area (Å²) in [7, 11) is 0. The number of carbonyl (C=O) groups excluding carboxylic acids is 2. The zero-order valence-electron chi connectivity index (χ0n) is 18.5. The molecule has 0 aliphatic heterocycles. The van der Waals surface area contributed by atoms with Gasteiger partial charge < -0.3 is 10.2 Å². The van der Waals surface area contributed by atoms with Crippen molar-refractivity contribution in [3.05, 3.63) is 107 Å². The van der Waals surface area contributed by atoms with Gasteiger partial charge in [0.2, 0.25) is 11.8 Å². The Balaban J connectivity index is 1.97. The maximum absolute atomic E-state index is 13.6. The molecule has 0 aliphatic carbocycles. The van der Waals surface area contributed by atoms with E-state index in [1.54, 1.807) is 17.0 Å². The molecule has 0 radical (unpaired) electrons. The third-order valence-electron chi connectivity index (χ3n) is 5.14. The summed E-state index contributed by atoms with van der Waals surface area (Å²) in [6.45, 7) is 4.94. The SMILES string of the molecule is CC(C)CNC(=O)[C@H](c1ccccc1)N(Cc1ccc(Cl)cc1)C(=O)Cc1ccccc1. The highest BCUT2D eigenvalue weighted by atomic mass is 35.5. The predicted molar refractivity (Wildman–Crippen MR) is 129 cm³/mol. The van der Waals surface area contributed by atoms with Crippen molar-refractivity contribution in [3.63, 3.8) is 0 Å². The van der Waals surface area contributed by atoms with E-state index in [4.69, 9.17) is 11.6 Å². The molecule has 32 heavy (non-hydrogen) atoms. The molecule has 5 heteroatoms. The van der Waals surface area contributed by atoms with Crippen molar-refractivity contribution < 1.29 is 9.59 Å². The van der Waals surface area contributed by atoms with E-state index in [1.807, 2.05) is 86.6 Å². The Morgan fingerprint density at radius 1 is 0.844 bits per heavy atom. The summed E-state index contributed by atoms with van der Waals surface area (Å²) in [6.07, 6.45) is 0.217. The Hall–Kier alpha value is -3.11. The van der Waals surface area contributed by atoms with E-state index in [0.29, 0.717) is 24.0 Å². The van der Waals surface area contributed by atoms with Gasteiger partial charge in [0.1, 0.15) is 6.04 Å². The molecule has 1 atom stereocenters. The van der Waals surface area contributed by atoms with E-state index in [1.165, 1.54) is 0 Å². The van der Waals surface area contributed by atoms with Crippen LogP contribution in [-0.2, 0) is 22.6 Å². The molecule has 0 spiro atoms. The first-order valence-electron chi connectivity index (χ1n) is 10.8. The maximum atomic E-state index is 13.6. The standard InChI is InChI=1S/C27H29ClN2O2/c1-20(2)18-29-27(32)26(23-11-7-4-8-12-23)30(19-22-13-15-24(28)16-14-22)25(31)17-21-9-5-3-6-10-21/h3-16,20,26H,17-19H2,1-2H3,(H,29,32)/t26-/m0/s1. The zero-order chi connectivity index (χ0) is 22.9. The molecule has 3 aromatic rings. The van der Waals surface area contributed by atoms with Gasteiger partial charge in [0, 0.05) is 18.1 Å². The summed E-state index contributed by atoms with van der Waals surface area (Å²) in [5.74, 6) is 0.0140. The Morgan fingerprint density at radius 3 is 2.03 bits per heavy atom. The number of carbonyl (C=O) groups is 2. The average molecular weight is 449 g/mol. The Labute approximate surface area is 195 Å². The van der Waals surface area contributed by atoms with Crippen molar-refractivity contribution >= 4 is 23.4 Å². The van der Waals surface area contributed by atoms with Gasteiger partial charge >= 0.3 is 0 Å². The molecule has 0 saturated heterocycles. The molecular formula is C27H29ClN2O2. The molecule has 0 heterocycles. The van der Waals surface area contributed by atoms with Gasteiger partial charge in [-0.25, -0.2) is 0 Å². The molecule has 0 aliphatic rings. The second kappa shape index (κ2) is 11.5. The van der Waals surface area contributed by atoms with Crippen LogP contribution in [0.1, 0.15) is 36.6 Å². The number of nitrogens with one attached hydrogen (secondary N) is 1. The number of hydrogen-bond acceptors (Lipinski definition) is 2. The van der Waals surface area contributed by atoms with Crippen LogP contribution in [0.3, 0.4) is 0 Å². The van der Waals surface area contributed by atoms with E-state index < -0.39 is 6.04 Å². The molecule has 0 saturated carbocycles. The minimum atomic E-state index is -0.734. The summed E-state index contributed by atoms with van der Waals surface area (Å²) in [5.41, 5.74) is 2.60. The molecule has 1 N–H and O–H groups in total. The fraction of sp³-hybridized carbons (Fsp3) is 0.259. The van der Waals surface area contributed by atoms with E-state index >= 15 is 0 Å². The average Bonchev–Trinajstić information content (AvgIpc) is 2.80. The summed E-state index contributed by atoms with van der Waals surface area (Å²) in [6, 6.07) is 25.7. The van der Waals surface area contributed by atoms with Crippen molar-refractivity contribution in [2.75, 3.05) is 6.54 Å². The second-order valence-corrected chi connectivity index (χ2v) is 8.70. The largest absolute Gasteiger partial charge is 0.354 e. The molecule has 0 unspecified atom stereocenters. The molecule has 0 bridgehead atoms. The van der Waals surface area contributed by atoms with Gasteiger partial charge in [0.25, 0.3) is 0 Å². The van der Waals surface area contributed by atoms with Gasteiger partial charge in [-0.15, -0.1) is 0 Å². The highest BCUT2D eigenvalue weighted by molar-refractivity contribution is 6.30. The number of hydrogen-bond donors (Lipinski definition) is 1. The van der Waals surface area contributed by atoms with E-state index in [0.717, 1.165) is 16.7 Å². The summed E-state index contributed by atoms with van der Waals surface area (Å²) in [4.78, 5) is 28.6. The van der Waals surface area contributed by atoms with E-state index in [2.05, 4.69) is 5.32 Å². The maximum Gasteiger partial charge on any atom is 0.247 e. The normalized spacial score (nSPS) is 11.8. The third-order valence-corrected chi connectivity index (χ3v) is 5.40. The highest BCUT2D eigenvalue weighted by Gasteiger charge is 2.31. The molecule has 3 aromatic carbocycles. The fourth-order valence-electron chi connectivity index (χ4n) is 3.49. The molecule has 0 fully saturated rings.